The van der Waals surface area contributed by atoms with Crippen molar-refractivity contribution in [2.24, 2.45) is 5.41 Å². The van der Waals surface area contributed by atoms with Gasteiger partial charge in [-0.3, -0.25) is 29.1 Å². The molecule has 2 unspecified atom stereocenters. The first-order chi connectivity index (χ1) is 34.9. The maximum Gasteiger partial charge on any atom is 0.420 e. The van der Waals surface area contributed by atoms with Gasteiger partial charge in [0, 0.05) is 25.3 Å². The molecule has 2 aliphatic rings. The van der Waals surface area contributed by atoms with Gasteiger partial charge in [-0.05, 0) is 112 Å². The van der Waals surface area contributed by atoms with E-state index >= 15 is 13.2 Å². The molecular formula is C52H52F6N8O6S2. The zero-order chi connectivity index (χ0) is 53.9. The van der Waals surface area contributed by atoms with Crippen molar-refractivity contribution in [3.8, 4) is 33.5 Å². The van der Waals surface area contributed by atoms with Crippen LogP contribution in [0.25, 0.3) is 21.7 Å². The lowest BCUT2D eigenvalue weighted by atomic mass is 9.85. The first-order valence-electron chi connectivity index (χ1n) is 23.5. The lowest BCUT2D eigenvalue weighted by Crippen LogP contribution is -2.58. The molecule has 2 atom stereocenters. The SMILES string of the molecule is Cc1ncsc1-c1ccc(CNC(=O)C2CCCN2C(=O)C(NC(=O)COCCCCOc2c(F)cc(-c3ccc(N4C(=S)N(c5ccc(C#N)c(C(F)(F)F)c5F)C(=O)C4(C)C)cn3)cc2F)C(C)(C)C)cc1. The van der Waals surface area contributed by atoms with Gasteiger partial charge >= 0.3 is 6.18 Å². The number of unbranched alkanes of at least 4 members (excludes halogenated alkanes) is 1. The molecule has 2 N–H and O–H groups in total. The second-order valence-electron chi connectivity index (χ2n) is 19.3. The first kappa shape index (κ1) is 54.8. The number of hydrogen-bond donors (Lipinski definition) is 2. The Balaban J connectivity index is 0.869. The standard InChI is InChI=1S/C52H52F6N8O6S2/c1-29-44(74-28-62-29)31-13-11-30(12-14-31)25-61-46(68)39-10-9-19-64(39)47(69)45(50(2,3)4)63-40(67)27-71-20-7-8-21-72-43-35(53)22-33(23-36(43)54)37-17-16-34(26-60-37)66-49(73)65(48(70)51(66,5)6)38-18-15-32(24-59)41(42(38)55)52(56,57)58/h11-18,22-23,26,28,39,45H,7-10,19-21,25,27H2,1-6H3,(H,61,68)(H,63,67). The predicted molar refractivity (Wildman–Crippen MR) is 268 cm³/mol. The van der Waals surface area contributed by atoms with Crippen molar-refractivity contribution >= 4 is 63.7 Å². The molecule has 2 aromatic heterocycles. The average Bonchev–Trinajstić information content (AvgIpc) is 4.06. The number of thiocarbonyl (C=S) groups is 1. The number of aromatic nitrogens is 2. The van der Waals surface area contributed by atoms with Gasteiger partial charge in [0.2, 0.25) is 17.7 Å². The summed E-state index contributed by atoms with van der Waals surface area (Å²) in [4.78, 5) is 67.0. The Morgan fingerprint density at radius 2 is 1.66 bits per heavy atom. The van der Waals surface area contributed by atoms with Crippen molar-refractivity contribution in [3.05, 3.63) is 112 Å². The summed E-state index contributed by atoms with van der Waals surface area (Å²) in [6.07, 6.45) is -2.27. The predicted octanol–water partition coefficient (Wildman–Crippen LogP) is 9.42. The van der Waals surface area contributed by atoms with Crippen LogP contribution >= 0.6 is 23.6 Å². The number of hydrogen-bond acceptors (Lipinski definition) is 11. The van der Waals surface area contributed by atoms with E-state index in [-0.39, 0.29) is 60.2 Å². The van der Waals surface area contributed by atoms with E-state index in [9.17, 15) is 37.6 Å². The van der Waals surface area contributed by atoms with Gasteiger partial charge in [0.1, 0.15) is 29.8 Å². The molecule has 7 rings (SSSR count). The summed E-state index contributed by atoms with van der Waals surface area (Å²) < 4.78 is 98.3. The normalized spacial score (nSPS) is 16.1. The van der Waals surface area contributed by atoms with E-state index in [1.165, 1.54) is 48.0 Å². The number of anilines is 2. The number of ether oxygens (including phenoxy) is 2. The minimum atomic E-state index is -5.25. The van der Waals surface area contributed by atoms with Crippen LogP contribution in [0.2, 0.25) is 0 Å². The summed E-state index contributed by atoms with van der Waals surface area (Å²) in [5.74, 6) is -6.60. The molecular weight excluding hydrogens is 1010 g/mol. The third-order valence-corrected chi connectivity index (χ3v) is 13.9. The van der Waals surface area contributed by atoms with Crippen LogP contribution in [0.1, 0.15) is 82.7 Å². The van der Waals surface area contributed by atoms with Crippen molar-refractivity contribution in [1.82, 2.24) is 25.5 Å². The number of halogens is 6. The number of carbonyl (C=O) groups is 4. The monoisotopic (exact) mass is 1060 g/mol. The number of nitrogens with zero attached hydrogens (tertiary/aromatic N) is 6. The summed E-state index contributed by atoms with van der Waals surface area (Å²) in [6.45, 7) is 10.5. The van der Waals surface area contributed by atoms with Gasteiger partial charge in [-0.25, -0.2) is 18.2 Å². The van der Waals surface area contributed by atoms with Gasteiger partial charge < -0.3 is 29.9 Å². The molecule has 4 heterocycles. The third kappa shape index (κ3) is 11.7. The molecule has 4 amide bonds. The Kier molecular flexibility index (Phi) is 16.5. The highest BCUT2D eigenvalue weighted by Crippen LogP contribution is 2.42. The van der Waals surface area contributed by atoms with Crippen LogP contribution in [-0.2, 0) is 36.6 Å². The Bertz CT molecular complexity index is 2970. The largest absolute Gasteiger partial charge is 0.488 e. The fraction of sp³-hybridized carbons (Fsp3) is 0.385. The smallest absolute Gasteiger partial charge is 0.420 e. The van der Waals surface area contributed by atoms with Gasteiger partial charge in [-0.15, -0.1) is 11.3 Å². The number of nitriles is 1. The Morgan fingerprint density at radius 1 is 0.973 bits per heavy atom. The lowest BCUT2D eigenvalue weighted by molar-refractivity contribution is -0.144. The number of carbonyl (C=O) groups excluding carboxylic acids is 4. The Labute approximate surface area is 432 Å². The fourth-order valence-electron chi connectivity index (χ4n) is 8.71. The van der Waals surface area contributed by atoms with E-state index in [0.717, 1.165) is 46.0 Å². The van der Waals surface area contributed by atoms with E-state index < -0.39 is 81.0 Å². The summed E-state index contributed by atoms with van der Waals surface area (Å²) in [5, 5.41) is 14.5. The number of aryl methyl sites for hydroxylation is 1. The minimum absolute atomic E-state index is 0.0169. The van der Waals surface area contributed by atoms with Crippen LogP contribution in [0.5, 0.6) is 5.75 Å². The van der Waals surface area contributed by atoms with Crippen LogP contribution in [0.15, 0.2) is 72.4 Å². The second kappa shape index (κ2) is 22.3. The van der Waals surface area contributed by atoms with E-state index in [2.05, 4.69) is 20.6 Å². The number of rotatable bonds is 17. The highest BCUT2D eigenvalue weighted by atomic mass is 32.1. The summed E-state index contributed by atoms with van der Waals surface area (Å²) in [6, 6.07) is 13.9. The maximum absolute atomic E-state index is 15.4. The number of nitrogens with one attached hydrogen (secondary N) is 2. The van der Waals surface area contributed by atoms with Crippen LogP contribution in [0.3, 0.4) is 0 Å². The van der Waals surface area contributed by atoms with Crippen LogP contribution in [0, 0.1) is 41.1 Å². The molecule has 0 radical (unpaired) electrons. The number of pyridine rings is 1. The van der Waals surface area contributed by atoms with Crippen molar-refractivity contribution in [1.29, 1.82) is 5.26 Å². The topological polar surface area (TPSA) is 170 Å². The molecule has 0 spiro atoms. The Hall–Kier alpha value is -6.96. The van der Waals surface area contributed by atoms with Crippen molar-refractivity contribution in [3.63, 3.8) is 0 Å². The lowest BCUT2D eigenvalue weighted by Gasteiger charge is -2.35. The van der Waals surface area contributed by atoms with Crippen molar-refractivity contribution < 1.29 is 55.0 Å². The van der Waals surface area contributed by atoms with E-state index in [1.54, 1.807) is 16.8 Å². The van der Waals surface area contributed by atoms with Gasteiger partial charge in [0.25, 0.3) is 5.91 Å². The van der Waals surface area contributed by atoms with E-state index in [0.29, 0.717) is 37.1 Å². The molecule has 390 valence electrons. The number of alkyl halides is 3. The van der Waals surface area contributed by atoms with Gasteiger partial charge in [-0.1, -0.05) is 45.0 Å². The molecule has 74 heavy (non-hydrogen) atoms. The molecule has 2 aliphatic heterocycles. The second-order valence-corrected chi connectivity index (χ2v) is 20.5. The molecule has 5 aromatic rings. The van der Waals surface area contributed by atoms with Gasteiger partial charge in [0.05, 0.1) is 57.6 Å². The zero-order valence-electron chi connectivity index (χ0n) is 41.2. The zero-order valence-corrected chi connectivity index (χ0v) is 42.8. The maximum atomic E-state index is 15.4. The molecule has 22 heteroatoms. The molecule has 2 fully saturated rings. The molecule has 2 saturated heterocycles. The molecule has 0 saturated carbocycles. The Morgan fingerprint density at radius 3 is 2.27 bits per heavy atom. The quantitative estimate of drug-likeness (QED) is 0.0517. The van der Waals surface area contributed by atoms with Crippen LogP contribution in [-0.4, -0.2) is 87.6 Å². The number of likely N-dealkylation sites (tertiary alicyclic amines) is 1. The summed E-state index contributed by atoms with van der Waals surface area (Å²) >= 11 is 7.03. The van der Waals surface area contributed by atoms with Crippen LogP contribution in [0.4, 0.5) is 37.7 Å². The fourth-order valence-corrected chi connectivity index (χ4v) is 10.0. The summed E-state index contributed by atoms with van der Waals surface area (Å²) in [5.41, 5.74) is -0.926. The number of thiazole rings is 1. The third-order valence-electron chi connectivity index (χ3n) is 12.6. The van der Waals surface area contributed by atoms with Crippen LogP contribution < -0.4 is 25.2 Å². The van der Waals surface area contributed by atoms with Gasteiger partial charge in [0.15, 0.2) is 28.3 Å². The molecule has 0 aliphatic carbocycles. The molecule has 3 aromatic carbocycles. The van der Waals surface area contributed by atoms with E-state index in [1.807, 2.05) is 52.0 Å². The highest BCUT2D eigenvalue weighted by Gasteiger charge is 2.52. The highest BCUT2D eigenvalue weighted by molar-refractivity contribution is 7.81. The summed E-state index contributed by atoms with van der Waals surface area (Å²) in [7, 11) is 0. The molecule has 0 bridgehead atoms. The van der Waals surface area contributed by atoms with Gasteiger partial charge in [-0.2, -0.15) is 18.4 Å². The minimum Gasteiger partial charge on any atom is -0.488 e. The van der Waals surface area contributed by atoms with Crippen molar-refractivity contribution in [2.75, 3.05) is 36.2 Å². The van der Waals surface area contributed by atoms with Crippen molar-refractivity contribution in [2.45, 2.75) is 97.6 Å². The number of amides is 4. The average molecular weight is 1060 g/mol. The number of benzene rings is 3. The first-order valence-corrected chi connectivity index (χ1v) is 24.7. The molecule has 14 nitrogen and oxygen atoms in total. The van der Waals surface area contributed by atoms with E-state index in [4.69, 9.17) is 21.7 Å².